The number of sulfonamides is 1. The van der Waals surface area contributed by atoms with Gasteiger partial charge >= 0.3 is 6.18 Å². The summed E-state index contributed by atoms with van der Waals surface area (Å²) in [6.07, 6.45) is -4.96. The molecule has 8 heteroatoms. The van der Waals surface area contributed by atoms with E-state index >= 15 is 0 Å². The Labute approximate surface area is 103 Å². The highest BCUT2D eigenvalue weighted by Crippen LogP contribution is 2.38. The number of hydrogen-bond donors (Lipinski definition) is 1. The molecule has 0 saturated heterocycles. The third-order valence-corrected chi connectivity index (χ3v) is 3.54. The van der Waals surface area contributed by atoms with Gasteiger partial charge < -0.3 is 4.74 Å². The summed E-state index contributed by atoms with van der Waals surface area (Å²) in [5.74, 6) is 0.370. The van der Waals surface area contributed by atoms with E-state index in [9.17, 15) is 21.6 Å². The molecule has 0 heterocycles. The van der Waals surface area contributed by atoms with Gasteiger partial charge in [-0.05, 0) is 24.1 Å². The number of nitrogens with two attached hydrogens (primary N) is 1. The summed E-state index contributed by atoms with van der Waals surface area (Å²) < 4.78 is 65.2. The lowest BCUT2D eigenvalue weighted by atomic mass is 10.1. The third-order valence-electron chi connectivity index (χ3n) is 2.35. The number of hydrogen-bond acceptors (Lipinski definition) is 3. The topological polar surface area (TPSA) is 69.4 Å². The van der Waals surface area contributed by atoms with Crippen molar-refractivity contribution in [2.45, 2.75) is 18.3 Å². The molecule has 0 spiro atoms. The van der Waals surface area contributed by atoms with Crippen LogP contribution in [0.3, 0.4) is 0 Å². The van der Waals surface area contributed by atoms with Gasteiger partial charge in [0.1, 0.15) is 5.75 Å². The molecule has 1 aromatic carbocycles. The van der Waals surface area contributed by atoms with Gasteiger partial charge in [0.05, 0.1) is 7.11 Å². The van der Waals surface area contributed by atoms with Crippen molar-refractivity contribution in [1.29, 1.82) is 0 Å². The molecule has 1 rings (SSSR count). The van der Waals surface area contributed by atoms with Crippen LogP contribution in [-0.4, -0.2) is 21.7 Å². The van der Waals surface area contributed by atoms with Gasteiger partial charge in [-0.25, -0.2) is 13.6 Å². The summed E-state index contributed by atoms with van der Waals surface area (Å²) in [5, 5.41) is 1.91. The second kappa shape index (κ2) is 4.77. The Bertz CT molecular complexity index is 540. The molecule has 0 aromatic heterocycles. The fraction of sp³-hybridized carbons (Fsp3) is 0.400. The predicted octanol–water partition coefficient (Wildman–Crippen LogP) is 1.90. The van der Waals surface area contributed by atoms with Crippen molar-refractivity contribution < 1.29 is 26.3 Å². The highest BCUT2D eigenvalue weighted by Gasteiger charge is 2.48. The fourth-order valence-electron chi connectivity index (χ4n) is 1.63. The van der Waals surface area contributed by atoms with E-state index in [1.807, 2.05) is 0 Å². The SMILES string of the molecule is COc1ccc(C(C(F)(F)F)S(N)(=O)=O)cc1C. The minimum absolute atomic E-state index is 0.370. The highest BCUT2D eigenvalue weighted by atomic mass is 32.2. The summed E-state index contributed by atoms with van der Waals surface area (Å²) in [6, 6.07) is 3.41. The third kappa shape index (κ3) is 3.14. The Balaban J connectivity index is 3.37. The van der Waals surface area contributed by atoms with Crippen LogP contribution in [0.1, 0.15) is 16.4 Å². The molecule has 0 aliphatic heterocycles. The van der Waals surface area contributed by atoms with E-state index in [0.29, 0.717) is 11.3 Å². The number of rotatable bonds is 3. The summed E-state index contributed by atoms with van der Waals surface area (Å²) in [6.45, 7) is 1.51. The van der Waals surface area contributed by atoms with E-state index in [2.05, 4.69) is 5.14 Å². The number of primary sulfonamides is 1. The van der Waals surface area contributed by atoms with Crippen LogP contribution in [-0.2, 0) is 10.0 Å². The van der Waals surface area contributed by atoms with Gasteiger partial charge in [0.2, 0.25) is 10.0 Å². The average Bonchev–Trinajstić information content (AvgIpc) is 2.13. The van der Waals surface area contributed by atoms with Crippen molar-refractivity contribution in [2.75, 3.05) is 7.11 Å². The highest BCUT2D eigenvalue weighted by molar-refractivity contribution is 7.89. The van der Waals surface area contributed by atoms with E-state index in [4.69, 9.17) is 4.74 Å². The minimum Gasteiger partial charge on any atom is -0.496 e. The lowest BCUT2D eigenvalue weighted by Gasteiger charge is -2.19. The largest absolute Gasteiger partial charge is 0.496 e. The molecule has 102 valence electrons. The Morgan fingerprint density at radius 3 is 2.22 bits per heavy atom. The van der Waals surface area contributed by atoms with Gasteiger partial charge in [0.15, 0.2) is 5.25 Å². The fourth-order valence-corrected chi connectivity index (χ4v) is 2.53. The van der Waals surface area contributed by atoms with Gasteiger partial charge in [-0.15, -0.1) is 0 Å². The monoisotopic (exact) mass is 283 g/mol. The standard InChI is InChI=1S/C10H12F3NO3S/c1-6-5-7(3-4-8(6)17-2)9(10(11,12)13)18(14,15)16/h3-5,9H,1-2H3,(H2,14,15,16). The van der Waals surface area contributed by atoms with Crippen molar-refractivity contribution >= 4 is 10.0 Å². The van der Waals surface area contributed by atoms with Crippen molar-refractivity contribution in [2.24, 2.45) is 5.14 Å². The zero-order valence-corrected chi connectivity index (χ0v) is 10.5. The Hall–Kier alpha value is -1.28. The van der Waals surface area contributed by atoms with Crippen LogP contribution in [0.4, 0.5) is 13.2 Å². The number of benzene rings is 1. The lowest BCUT2D eigenvalue weighted by Crippen LogP contribution is -2.33. The molecule has 0 saturated carbocycles. The maximum atomic E-state index is 12.7. The van der Waals surface area contributed by atoms with Crippen LogP contribution in [0.5, 0.6) is 5.75 Å². The molecular weight excluding hydrogens is 271 g/mol. The average molecular weight is 283 g/mol. The van der Waals surface area contributed by atoms with Gasteiger partial charge in [-0.3, -0.25) is 0 Å². The van der Waals surface area contributed by atoms with Crippen LogP contribution in [0.15, 0.2) is 18.2 Å². The smallest absolute Gasteiger partial charge is 0.410 e. The molecule has 2 N–H and O–H groups in total. The molecule has 0 aliphatic carbocycles. The van der Waals surface area contributed by atoms with E-state index in [1.54, 1.807) is 0 Å². The summed E-state index contributed by atoms with van der Waals surface area (Å²) >= 11 is 0. The van der Waals surface area contributed by atoms with Crippen LogP contribution >= 0.6 is 0 Å². The first-order chi connectivity index (χ1) is 8.07. The van der Waals surface area contributed by atoms with Crippen molar-refractivity contribution in [1.82, 2.24) is 0 Å². The second-order valence-corrected chi connectivity index (χ2v) is 5.39. The summed E-state index contributed by atoms with van der Waals surface area (Å²) in [7, 11) is -3.41. The molecule has 0 radical (unpaired) electrons. The molecular formula is C10H12F3NO3S. The van der Waals surface area contributed by atoms with E-state index in [-0.39, 0.29) is 0 Å². The zero-order chi connectivity index (χ0) is 14.1. The van der Waals surface area contributed by atoms with E-state index in [1.165, 1.54) is 20.1 Å². The first-order valence-corrected chi connectivity index (χ1v) is 6.41. The van der Waals surface area contributed by atoms with Gasteiger partial charge in [-0.1, -0.05) is 12.1 Å². The molecule has 1 unspecified atom stereocenters. The molecule has 0 bridgehead atoms. The van der Waals surface area contributed by atoms with Crippen LogP contribution in [0.25, 0.3) is 0 Å². The minimum atomic E-state index is -4.96. The maximum absolute atomic E-state index is 12.7. The van der Waals surface area contributed by atoms with Crippen molar-refractivity contribution in [3.63, 3.8) is 0 Å². The molecule has 0 aliphatic rings. The maximum Gasteiger partial charge on any atom is 0.410 e. The number of alkyl halides is 3. The second-order valence-electron chi connectivity index (χ2n) is 3.74. The predicted molar refractivity (Wildman–Crippen MR) is 59.6 cm³/mol. The van der Waals surface area contributed by atoms with Gasteiger partial charge in [-0.2, -0.15) is 13.2 Å². The first-order valence-electron chi connectivity index (χ1n) is 4.80. The molecule has 0 fully saturated rings. The quantitative estimate of drug-likeness (QED) is 0.921. The molecule has 1 aromatic rings. The summed E-state index contributed by atoms with van der Waals surface area (Å²) in [5.41, 5.74) is -0.0313. The molecule has 0 amide bonds. The molecule has 4 nitrogen and oxygen atoms in total. The number of aryl methyl sites for hydroxylation is 1. The number of methoxy groups -OCH3 is 1. The Kier molecular flexibility index (Phi) is 3.92. The van der Waals surface area contributed by atoms with Crippen LogP contribution in [0, 0.1) is 6.92 Å². The number of halogens is 3. The van der Waals surface area contributed by atoms with Gasteiger partial charge in [0.25, 0.3) is 0 Å². The Morgan fingerprint density at radius 2 is 1.89 bits per heavy atom. The van der Waals surface area contributed by atoms with E-state index < -0.39 is 27.0 Å². The summed E-state index contributed by atoms with van der Waals surface area (Å²) in [4.78, 5) is 0. The number of ether oxygens (including phenoxy) is 1. The zero-order valence-electron chi connectivity index (χ0n) is 9.65. The first kappa shape index (κ1) is 14.8. The lowest BCUT2D eigenvalue weighted by molar-refractivity contribution is -0.131. The van der Waals surface area contributed by atoms with Gasteiger partial charge in [0, 0.05) is 0 Å². The van der Waals surface area contributed by atoms with Crippen molar-refractivity contribution in [3.05, 3.63) is 29.3 Å². The normalized spacial score (nSPS) is 14.3. The Morgan fingerprint density at radius 1 is 1.33 bits per heavy atom. The molecule has 18 heavy (non-hydrogen) atoms. The van der Waals surface area contributed by atoms with Crippen LogP contribution in [0.2, 0.25) is 0 Å². The molecule has 1 atom stereocenters. The van der Waals surface area contributed by atoms with E-state index in [0.717, 1.165) is 12.1 Å². The van der Waals surface area contributed by atoms with Crippen LogP contribution < -0.4 is 9.88 Å². The van der Waals surface area contributed by atoms with Crippen molar-refractivity contribution in [3.8, 4) is 5.75 Å².